The van der Waals surface area contributed by atoms with Crippen LogP contribution in [-0.2, 0) is 6.54 Å². The Morgan fingerprint density at radius 1 is 1.20 bits per heavy atom. The first-order chi connectivity index (χ1) is 12.3. The molecule has 6 nitrogen and oxygen atoms in total. The Morgan fingerprint density at radius 2 is 2.16 bits per heavy atom. The van der Waals surface area contributed by atoms with E-state index in [4.69, 9.17) is 4.98 Å². The number of aromatic nitrogens is 3. The molecule has 5 rings (SSSR count). The molecule has 0 bridgehead atoms. The standard InChI is InChI=1S/C19H16N6/c1-13-3-2-4-15(9-13)22-24-7-5-14-10-16-19(21-17(14)12-24)18-11-20-6-8-25(18)23-16/h2-7,9-12,22H,8H2,1H3. The average Bonchev–Trinajstić information content (AvgIpc) is 2.97. The van der Waals surface area contributed by atoms with E-state index in [2.05, 4.69) is 40.6 Å². The first-order valence-corrected chi connectivity index (χ1v) is 8.17. The highest BCUT2D eigenvalue weighted by molar-refractivity contribution is 5.80. The summed E-state index contributed by atoms with van der Waals surface area (Å²) in [6.07, 6.45) is 9.69. The van der Waals surface area contributed by atoms with Crippen molar-refractivity contribution in [3.63, 3.8) is 0 Å². The van der Waals surface area contributed by atoms with Crippen LogP contribution < -0.4 is 16.1 Å². The maximum Gasteiger partial charge on any atom is 0.118 e. The lowest BCUT2D eigenvalue weighted by Crippen LogP contribution is -2.28. The molecule has 122 valence electrons. The molecule has 0 spiro atoms. The van der Waals surface area contributed by atoms with Gasteiger partial charge in [-0.1, -0.05) is 12.1 Å². The van der Waals surface area contributed by atoms with Crippen LogP contribution in [0.3, 0.4) is 0 Å². The van der Waals surface area contributed by atoms with Gasteiger partial charge in [0.25, 0.3) is 0 Å². The van der Waals surface area contributed by atoms with Gasteiger partial charge in [0.2, 0.25) is 0 Å². The molecule has 0 aliphatic carbocycles. The maximum atomic E-state index is 4.82. The maximum absolute atomic E-state index is 4.82. The van der Waals surface area contributed by atoms with Crippen LogP contribution in [0.4, 0.5) is 5.69 Å². The number of anilines is 1. The molecule has 4 heterocycles. The van der Waals surface area contributed by atoms with Crippen LogP contribution in [0.5, 0.6) is 0 Å². The van der Waals surface area contributed by atoms with Crippen molar-refractivity contribution in [1.82, 2.24) is 19.8 Å². The minimum atomic E-state index is 0.688. The molecule has 0 saturated carbocycles. The van der Waals surface area contributed by atoms with E-state index in [1.165, 1.54) is 5.56 Å². The number of benzene rings is 1. The van der Waals surface area contributed by atoms with E-state index in [0.717, 1.165) is 33.0 Å². The number of nitrogens with one attached hydrogen (secondary N) is 1. The van der Waals surface area contributed by atoms with Gasteiger partial charge < -0.3 is 0 Å². The highest BCUT2D eigenvalue weighted by Crippen LogP contribution is 2.14. The summed E-state index contributed by atoms with van der Waals surface area (Å²) in [6.45, 7) is 2.77. The molecule has 2 aromatic heterocycles. The first-order valence-electron chi connectivity index (χ1n) is 8.17. The molecule has 2 aliphatic rings. The van der Waals surface area contributed by atoms with Gasteiger partial charge in [-0.05, 0) is 36.8 Å². The van der Waals surface area contributed by atoms with Gasteiger partial charge in [-0.15, -0.1) is 0 Å². The topological polar surface area (TPSA) is 58.3 Å². The van der Waals surface area contributed by atoms with Crippen LogP contribution in [0.1, 0.15) is 11.1 Å². The lowest BCUT2D eigenvalue weighted by molar-refractivity contribution is 0.661. The van der Waals surface area contributed by atoms with E-state index in [-0.39, 0.29) is 0 Å². The van der Waals surface area contributed by atoms with Crippen molar-refractivity contribution in [2.45, 2.75) is 13.5 Å². The molecule has 0 saturated heterocycles. The fourth-order valence-corrected chi connectivity index (χ4v) is 3.12. The second-order valence-corrected chi connectivity index (χ2v) is 6.19. The summed E-state index contributed by atoms with van der Waals surface area (Å²) >= 11 is 0. The molecule has 25 heavy (non-hydrogen) atoms. The highest BCUT2D eigenvalue weighted by Gasteiger charge is 2.12. The van der Waals surface area contributed by atoms with E-state index in [0.29, 0.717) is 6.54 Å². The summed E-state index contributed by atoms with van der Waals surface area (Å²) in [4.78, 5) is 9.06. The fraction of sp³-hybridized carbons (Fsp3) is 0.105. The molecule has 6 heteroatoms. The number of hydrazine groups is 1. The zero-order valence-corrected chi connectivity index (χ0v) is 13.7. The smallest absolute Gasteiger partial charge is 0.118 e. The number of rotatable bonds is 2. The van der Waals surface area contributed by atoms with E-state index < -0.39 is 0 Å². The predicted octanol–water partition coefficient (Wildman–Crippen LogP) is 1.61. The molecule has 1 N–H and O–H groups in total. The number of aryl methyl sites for hydroxylation is 1. The van der Waals surface area contributed by atoms with Crippen LogP contribution >= 0.6 is 0 Å². The number of nitrogens with zero attached hydrogens (tertiary/aromatic N) is 5. The third-order valence-corrected chi connectivity index (χ3v) is 4.32. The molecular weight excluding hydrogens is 312 g/mol. The van der Waals surface area contributed by atoms with Crippen LogP contribution in [0.15, 0.2) is 41.5 Å². The molecule has 0 radical (unpaired) electrons. The predicted molar refractivity (Wildman–Crippen MR) is 99.9 cm³/mol. The second-order valence-electron chi connectivity index (χ2n) is 6.19. The normalized spacial score (nSPS) is 14.7. The van der Waals surface area contributed by atoms with Crippen molar-refractivity contribution in [3.05, 3.63) is 58.4 Å². The second kappa shape index (κ2) is 5.31. The molecule has 3 aromatic rings. The van der Waals surface area contributed by atoms with E-state index in [1.54, 1.807) is 0 Å². The zero-order chi connectivity index (χ0) is 16.8. The van der Waals surface area contributed by atoms with Crippen LogP contribution in [0.2, 0.25) is 0 Å². The van der Waals surface area contributed by atoms with Gasteiger partial charge in [0.05, 0.1) is 30.0 Å². The summed E-state index contributed by atoms with van der Waals surface area (Å²) < 4.78 is 1.93. The molecular formula is C19H16N6. The summed E-state index contributed by atoms with van der Waals surface area (Å²) in [5, 5.41) is 8.41. The Morgan fingerprint density at radius 3 is 3.08 bits per heavy atom. The van der Waals surface area contributed by atoms with E-state index >= 15 is 0 Å². The summed E-state index contributed by atoms with van der Waals surface area (Å²) in [6, 6.07) is 10.3. The fourth-order valence-electron chi connectivity index (χ4n) is 3.12. The summed E-state index contributed by atoms with van der Waals surface area (Å²) in [5.74, 6) is 0. The number of aliphatic imine (C=N–C) groups is 1. The van der Waals surface area contributed by atoms with Crippen LogP contribution in [-0.4, -0.2) is 26.0 Å². The van der Waals surface area contributed by atoms with Gasteiger partial charge in [0.15, 0.2) is 0 Å². The molecule has 0 atom stereocenters. The Kier molecular flexibility index (Phi) is 2.97. The SMILES string of the molecule is Cc1cccc(NN2C=Cc3cc4nn5c(c4nc3=C2)=CN=CC5)c1. The van der Waals surface area contributed by atoms with Crippen LogP contribution in [0.25, 0.3) is 29.5 Å². The van der Waals surface area contributed by atoms with E-state index in [1.807, 2.05) is 52.7 Å². The largest absolute Gasteiger partial charge is 0.295 e. The molecule has 0 fully saturated rings. The van der Waals surface area contributed by atoms with Crippen molar-refractivity contribution in [2.75, 3.05) is 5.43 Å². The van der Waals surface area contributed by atoms with Gasteiger partial charge in [-0.3, -0.25) is 20.1 Å². The third kappa shape index (κ3) is 2.39. The monoisotopic (exact) mass is 328 g/mol. The van der Waals surface area contributed by atoms with Crippen molar-refractivity contribution in [1.29, 1.82) is 0 Å². The number of fused-ring (bicyclic) bond motifs is 4. The van der Waals surface area contributed by atoms with Crippen molar-refractivity contribution >= 4 is 41.4 Å². The zero-order valence-electron chi connectivity index (χ0n) is 13.7. The van der Waals surface area contributed by atoms with Gasteiger partial charge in [-0.2, -0.15) is 5.10 Å². The quantitative estimate of drug-likeness (QED) is 0.776. The van der Waals surface area contributed by atoms with Crippen molar-refractivity contribution in [2.24, 2.45) is 4.99 Å². The lowest BCUT2D eigenvalue weighted by atomic mass is 10.2. The Labute approximate surface area is 144 Å². The minimum Gasteiger partial charge on any atom is -0.295 e. The molecule has 1 aromatic carbocycles. The summed E-state index contributed by atoms with van der Waals surface area (Å²) in [5.41, 5.74) is 8.46. The van der Waals surface area contributed by atoms with Crippen molar-refractivity contribution in [3.8, 4) is 0 Å². The van der Waals surface area contributed by atoms with E-state index in [9.17, 15) is 0 Å². The van der Waals surface area contributed by atoms with Gasteiger partial charge >= 0.3 is 0 Å². The Hall–Kier alpha value is -3.41. The van der Waals surface area contributed by atoms with Crippen LogP contribution in [0, 0.1) is 6.92 Å². The lowest BCUT2D eigenvalue weighted by Gasteiger charge is -2.21. The molecule has 0 amide bonds. The molecule has 2 aliphatic heterocycles. The highest BCUT2D eigenvalue weighted by atomic mass is 15.5. The molecule has 0 unspecified atom stereocenters. The third-order valence-electron chi connectivity index (χ3n) is 4.32. The average molecular weight is 328 g/mol. The number of hydrogen-bond donors (Lipinski definition) is 1. The van der Waals surface area contributed by atoms with Gasteiger partial charge in [0, 0.05) is 18.0 Å². The Bertz CT molecular complexity index is 1170. The number of hydrogen-bond acceptors (Lipinski definition) is 5. The van der Waals surface area contributed by atoms with Gasteiger partial charge in [-0.25, -0.2) is 4.98 Å². The minimum absolute atomic E-state index is 0.688. The van der Waals surface area contributed by atoms with Gasteiger partial charge in [0.1, 0.15) is 16.4 Å². The summed E-state index contributed by atoms with van der Waals surface area (Å²) in [7, 11) is 0. The Balaban J connectivity index is 1.59. The number of pyridine rings is 1. The first kappa shape index (κ1) is 14.0. The van der Waals surface area contributed by atoms with Crippen molar-refractivity contribution < 1.29 is 0 Å².